The van der Waals surface area contributed by atoms with Crippen LogP contribution in [0.1, 0.15) is 33.5 Å². The summed E-state index contributed by atoms with van der Waals surface area (Å²) in [5.41, 5.74) is 9.32. The van der Waals surface area contributed by atoms with Crippen LogP contribution in [0.4, 0.5) is 11.4 Å². The number of carboxylic acid groups (broad SMARTS) is 1. The predicted molar refractivity (Wildman–Crippen MR) is 137 cm³/mol. The van der Waals surface area contributed by atoms with Gasteiger partial charge in [-0.3, -0.25) is 19.8 Å². The number of carbonyl (C=O) groups is 3. The minimum atomic E-state index is -1.07. The van der Waals surface area contributed by atoms with Crippen LogP contribution in [-0.2, 0) is 22.6 Å². The van der Waals surface area contributed by atoms with Crippen molar-refractivity contribution in [2.24, 2.45) is 5.73 Å². The summed E-state index contributed by atoms with van der Waals surface area (Å²) in [5, 5.41) is 22.8. The highest BCUT2D eigenvalue weighted by molar-refractivity contribution is 6.05. The van der Waals surface area contributed by atoms with Crippen molar-refractivity contribution < 1.29 is 19.5 Å². The van der Waals surface area contributed by atoms with Crippen LogP contribution in [0.2, 0.25) is 0 Å². The van der Waals surface area contributed by atoms with Crippen molar-refractivity contribution in [2.45, 2.75) is 25.4 Å². The second kappa shape index (κ2) is 10.7. The van der Waals surface area contributed by atoms with Gasteiger partial charge >= 0.3 is 5.97 Å². The van der Waals surface area contributed by atoms with Crippen LogP contribution >= 0.6 is 0 Å². The highest BCUT2D eigenvalue weighted by Crippen LogP contribution is 2.26. The Kier molecular flexibility index (Phi) is 7.29. The Morgan fingerprint density at radius 2 is 1.83 bits per heavy atom. The van der Waals surface area contributed by atoms with Crippen LogP contribution in [0.15, 0.2) is 72.8 Å². The topological polar surface area (TPSA) is 149 Å². The SMILES string of the molecule is N=C(N)c1cccc(NC(=O)c2ccc3c(c2)CN(CCc2ccccc2)C(=O)C(CC(=O)O)N3)c1. The number of benzene rings is 3. The van der Waals surface area contributed by atoms with Gasteiger partial charge in [0.1, 0.15) is 11.9 Å². The molecule has 9 nitrogen and oxygen atoms in total. The summed E-state index contributed by atoms with van der Waals surface area (Å²) in [5.74, 6) is -1.82. The molecule has 0 saturated carbocycles. The van der Waals surface area contributed by atoms with Crippen LogP contribution < -0.4 is 16.4 Å². The Hall–Kier alpha value is -4.66. The lowest BCUT2D eigenvalue weighted by Crippen LogP contribution is -2.42. The molecule has 0 aromatic heterocycles. The molecule has 1 aliphatic rings. The molecule has 1 atom stereocenters. The minimum absolute atomic E-state index is 0.0987. The molecule has 1 unspecified atom stereocenters. The first-order valence-corrected chi connectivity index (χ1v) is 11.5. The summed E-state index contributed by atoms with van der Waals surface area (Å²) in [6.45, 7) is 0.652. The molecule has 9 heteroatoms. The number of aliphatic carboxylic acids is 1. The number of fused-ring (bicyclic) bond motifs is 1. The van der Waals surface area contributed by atoms with Gasteiger partial charge in [0.2, 0.25) is 5.91 Å². The minimum Gasteiger partial charge on any atom is -0.481 e. The lowest BCUT2D eigenvalue weighted by Gasteiger charge is -2.24. The molecule has 1 heterocycles. The lowest BCUT2D eigenvalue weighted by molar-refractivity contribution is -0.141. The number of nitrogens with one attached hydrogen (secondary N) is 3. The standard InChI is InChI=1S/C27H27N5O4/c28-25(29)18-7-4-8-21(14-18)30-26(35)19-9-10-22-20(13-19)16-32(12-11-17-5-2-1-3-6-17)27(36)23(31-22)15-24(33)34/h1-10,13-14,23,31H,11-12,15-16H2,(H3,28,29)(H,30,35)(H,33,34). The fraction of sp³-hybridized carbons (Fsp3) is 0.185. The van der Waals surface area contributed by atoms with Crippen molar-refractivity contribution in [1.82, 2.24) is 4.90 Å². The van der Waals surface area contributed by atoms with Crippen molar-refractivity contribution >= 4 is 35.0 Å². The van der Waals surface area contributed by atoms with Gasteiger partial charge in [-0.15, -0.1) is 0 Å². The molecule has 0 radical (unpaired) electrons. The van der Waals surface area contributed by atoms with Gasteiger partial charge in [-0.2, -0.15) is 0 Å². The van der Waals surface area contributed by atoms with Gasteiger partial charge in [0.25, 0.3) is 5.91 Å². The molecule has 1 aliphatic heterocycles. The molecule has 2 amide bonds. The van der Waals surface area contributed by atoms with Crippen LogP contribution in [0.5, 0.6) is 0 Å². The summed E-state index contributed by atoms with van der Waals surface area (Å²) >= 11 is 0. The molecule has 184 valence electrons. The molecule has 6 N–H and O–H groups in total. The van der Waals surface area contributed by atoms with E-state index < -0.39 is 12.0 Å². The number of carbonyl (C=O) groups excluding carboxylic acids is 2. The molecular formula is C27H27N5O4. The molecule has 3 aromatic rings. The predicted octanol–water partition coefficient (Wildman–Crippen LogP) is 3.06. The second-order valence-electron chi connectivity index (χ2n) is 8.61. The number of hydrogen-bond donors (Lipinski definition) is 5. The lowest BCUT2D eigenvalue weighted by atomic mass is 10.1. The van der Waals surface area contributed by atoms with Gasteiger partial charge in [0, 0.05) is 35.6 Å². The van der Waals surface area contributed by atoms with Crippen LogP contribution in [0.3, 0.4) is 0 Å². The van der Waals surface area contributed by atoms with E-state index in [1.165, 1.54) is 0 Å². The molecule has 4 rings (SSSR count). The zero-order valence-electron chi connectivity index (χ0n) is 19.5. The molecule has 36 heavy (non-hydrogen) atoms. The average molecular weight is 486 g/mol. The third-order valence-electron chi connectivity index (χ3n) is 5.99. The maximum Gasteiger partial charge on any atom is 0.305 e. The largest absolute Gasteiger partial charge is 0.481 e. The van der Waals surface area contributed by atoms with Gasteiger partial charge in [-0.05, 0) is 47.9 Å². The van der Waals surface area contributed by atoms with Crippen molar-refractivity contribution in [1.29, 1.82) is 5.41 Å². The van der Waals surface area contributed by atoms with Gasteiger partial charge in [0.15, 0.2) is 0 Å². The van der Waals surface area contributed by atoms with E-state index in [4.69, 9.17) is 11.1 Å². The molecule has 0 spiro atoms. The summed E-state index contributed by atoms with van der Waals surface area (Å²) in [4.78, 5) is 39.2. The number of nitrogens with zero attached hydrogens (tertiary/aromatic N) is 1. The number of rotatable bonds is 8. The average Bonchev–Trinajstić information content (AvgIpc) is 2.99. The Bertz CT molecular complexity index is 1310. The Balaban J connectivity index is 1.57. The van der Waals surface area contributed by atoms with E-state index in [0.717, 1.165) is 11.1 Å². The van der Waals surface area contributed by atoms with E-state index in [9.17, 15) is 19.5 Å². The fourth-order valence-electron chi connectivity index (χ4n) is 4.14. The van der Waals surface area contributed by atoms with Gasteiger partial charge < -0.3 is 26.4 Å². The smallest absolute Gasteiger partial charge is 0.305 e. The van der Waals surface area contributed by atoms with E-state index >= 15 is 0 Å². The maximum absolute atomic E-state index is 13.2. The third-order valence-corrected chi connectivity index (χ3v) is 5.99. The zero-order chi connectivity index (χ0) is 25.7. The Morgan fingerprint density at radius 1 is 1.06 bits per heavy atom. The van der Waals surface area contributed by atoms with Crippen molar-refractivity contribution in [3.63, 3.8) is 0 Å². The number of anilines is 2. The fourth-order valence-corrected chi connectivity index (χ4v) is 4.14. The van der Waals surface area contributed by atoms with Gasteiger partial charge in [-0.25, -0.2) is 0 Å². The monoisotopic (exact) mass is 485 g/mol. The normalized spacial score (nSPS) is 14.8. The van der Waals surface area contributed by atoms with Crippen LogP contribution in [0.25, 0.3) is 0 Å². The number of amides is 2. The first-order valence-electron chi connectivity index (χ1n) is 11.5. The third kappa shape index (κ3) is 5.87. The Morgan fingerprint density at radius 3 is 2.56 bits per heavy atom. The van der Waals surface area contributed by atoms with E-state index in [-0.39, 0.29) is 30.6 Å². The van der Waals surface area contributed by atoms with Gasteiger partial charge in [0.05, 0.1) is 6.42 Å². The van der Waals surface area contributed by atoms with E-state index in [2.05, 4.69) is 10.6 Å². The van der Waals surface area contributed by atoms with E-state index in [1.54, 1.807) is 47.4 Å². The zero-order valence-corrected chi connectivity index (χ0v) is 19.5. The van der Waals surface area contributed by atoms with Crippen LogP contribution in [-0.4, -0.2) is 46.2 Å². The van der Waals surface area contributed by atoms with Crippen molar-refractivity contribution in [2.75, 3.05) is 17.2 Å². The number of hydrogen-bond acceptors (Lipinski definition) is 5. The number of nitrogen functional groups attached to an aromatic ring is 1. The van der Waals surface area contributed by atoms with Crippen molar-refractivity contribution in [3.05, 3.63) is 95.1 Å². The molecule has 0 aliphatic carbocycles. The van der Waals surface area contributed by atoms with E-state index in [1.807, 2.05) is 30.3 Å². The Labute approximate surface area is 208 Å². The van der Waals surface area contributed by atoms with Gasteiger partial charge in [-0.1, -0.05) is 42.5 Å². The number of amidine groups is 1. The summed E-state index contributed by atoms with van der Waals surface area (Å²) in [7, 11) is 0. The first-order chi connectivity index (χ1) is 17.3. The summed E-state index contributed by atoms with van der Waals surface area (Å²) in [6, 6.07) is 20.6. The van der Waals surface area contributed by atoms with Crippen LogP contribution in [0, 0.1) is 5.41 Å². The molecule has 0 fully saturated rings. The number of nitrogens with two attached hydrogens (primary N) is 1. The molecule has 0 bridgehead atoms. The highest BCUT2D eigenvalue weighted by Gasteiger charge is 2.31. The summed E-state index contributed by atoms with van der Waals surface area (Å²) < 4.78 is 0. The maximum atomic E-state index is 13.2. The summed E-state index contributed by atoms with van der Waals surface area (Å²) in [6.07, 6.45) is 0.267. The molecular weight excluding hydrogens is 458 g/mol. The second-order valence-corrected chi connectivity index (χ2v) is 8.61. The molecule has 3 aromatic carbocycles. The number of carboxylic acids is 1. The highest BCUT2D eigenvalue weighted by atomic mass is 16.4. The quantitative estimate of drug-likeness (QED) is 0.245. The first kappa shape index (κ1) is 24.5. The van der Waals surface area contributed by atoms with Crippen molar-refractivity contribution in [3.8, 4) is 0 Å². The van der Waals surface area contributed by atoms with E-state index in [0.29, 0.717) is 35.5 Å². The molecule has 0 saturated heterocycles.